The van der Waals surface area contributed by atoms with Gasteiger partial charge in [-0.05, 0) is 33.9 Å². The zero-order valence-electron chi connectivity index (χ0n) is 14.9. The third kappa shape index (κ3) is 12.0. The highest BCUT2D eigenvalue weighted by atomic mass is 35.5. The second-order valence-corrected chi connectivity index (χ2v) is 6.74. The Morgan fingerprint density at radius 2 is 1.64 bits per heavy atom. The zero-order valence-corrected chi connectivity index (χ0v) is 15.6. The van der Waals surface area contributed by atoms with Crippen LogP contribution in [0.15, 0.2) is 11.1 Å². The standard InChI is InChI=1S/C18H34ClNO2/c1-5-6-7-8-9-10-11-12-15-22-18(21)17(20(3)4)14-13-16(2)19/h13,17H,5-12,14-15H2,1-4H3/b16-13-. The number of esters is 1. The number of ether oxygens (including phenoxy) is 1. The molecular weight excluding hydrogens is 298 g/mol. The van der Waals surface area contributed by atoms with Gasteiger partial charge in [0.25, 0.3) is 0 Å². The van der Waals surface area contributed by atoms with Crippen molar-refractivity contribution in [3.8, 4) is 0 Å². The van der Waals surface area contributed by atoms with Crippen molar-refractivity contribution in [3.63, 3.8) is 0 Å². The molecule has 0 aromatic carbocycles. The molecule has 0 saturated carbocycles. The first kappa shape index (κ1) is 21.5. The summed E-state index contributed by atoms with van der Waals surface area (Å²) in [5, 5.41) is 0.711. The van der Waals surface area contributed by atoms with E-state index in [4.69, 9.17) is 16.3 Å². The highest BCUT2D eigenvalue weighted by Gasteiger charge is 2.20. The van der Waals surface area contributed by atoms with Crippen molar-refractivity contribution in [1.29, 1.82) is 0 Å². The molecule has 0 aromatic heterocycles. The van der Waals surface area contributed by atoms with Crippen LogP contribution in [0.2, 0.25) is 0 Å². The smallest absolute Gasteiger partial charge is 0.323 e. The monoisotopic (exact) mass is 331 g/mol. The molecular formula is C18H34ClNO2. The first-order valence-corrected chi connectivity index (χ1v) is 9.02. The zero-order chi connectivity index (χ0) is 16.8. The molecule has 0 N–H and O–H groups in total. The van der Waals surface area contributed by atoms with Crippen molar-refractivity contribution >= 4 is 17.6 Å². The third-order valence-electron chi connectivity index (χ3n) is 3.76. The van der Waals surface area contributed by atoms with Gasteiger partial charge >= 0.3 is 5.97 Å². The SMILES string of the molecule is CCCCCCCCCCOC(=O)C(C/C=C(/C)Cl)N(C)C. The van der Waals surface area contributed by atoms with Gasteiger partial charge in [0, 0.05) is 5.03 Å². The van der Waals surface area contributed by atoms with E-state index in [-0.39, 0.29) is 12.0 Å². The lowest BCUT2D eigenvalue weighted by Gasteiger charge is -2.21. The van der Waals surface area contributed by atoms with Gasteiger partial charge in [0.05, 0.1) is 6.61 Å². The molecule has 130 valence electrons. The lowest BCUT2D eigenvalue weighted by atomic mass is 10.1. The lowest BCUT2D eigenvalue weighted by Crippen LogP contribution is -2.36. The van der Waals surface area contributed by atoms with Gasteiger partial charge in [-0.15, -0.1) is 0 Å². The maximum absolute atomic E-state index is 12.1. The summed E-state index contributed by atoms with van der Waals surface area (Å²) in [7, 11) is 3.78. The predicted octanol–water partition coefficient (Wildman–Crippen LogP) is 5.13. The van der Waals surface area contributed by atoms with Crippen molar-refractivity contribution in [2.75, 3.05) is 20.7 Å². The fourth-order valence-corrected chi connectivity index (χ4v) is 2.39. The van der Waals surface area contributed by atoms with E-state index in [1.807, 2.05) is 32.0 Å². The molecule has 0 spiro atoms. The summed E-state index contributed by atoms with van der Waals surface area (Å²) >= 11 is 5.83. The van der Waals surface area contributed by atoms with E-state index in [9.17, 15) is 4.79 Å². The molecule has 0 bridgehead atoms. The van der Waals surface area contributed by atoms with Gasteiger partial charge in [0.15, 0.2) is 0 Å². The van der Waals surface area contributed by atoms with Crippen LogP contribution in [0.5, 0.6) is 0 Å². The van der Waals surface area contributed by atoms with Crippen LogP contribution in [-0.2, 0) is 9.53 Å². The van der Waals surface area contributed by atoms with Gasteiger partial charge < -0.3 is 4.74 Å². The lowest BCUT2D eigenvalue weighted by molar-refractivity contribution is -0.149. The number of nitrogens with zero attached hydrogens (tertiary/aromatic N) is 1. The molecule has 3 nitrogen and oxygen atoms in total. The van der Waals surface area contributed by atoms with Gasteiger partial charge in [-0.2, -0.15) is 0 Å². The van der Waals surface area contributed by atoms with E-state index < -0.39 is 0 Å². The molecule has 0 radical (unpaired) electrons. The molecule has 0 rings (SSSR count). The first-order chi connectivity index (χ1) is 10.5. The molecule has 1 atom stereocenters. The summed E-state index contributed by atoms with van der Waals surface area (Å²) in [6.07, 6.45) is 12.4. The number of carbonyl (C=O) groups is 1. The molecule has 0 aromatic rings. The number of allylic oxidation sites excluding steroid dienone is 1. The average molecular weight is 332 g/mol. The van der Waals surface area contributed by atoms with Gasteiger partial charge in [0.1, 0.15) is 6.04 Å². The Balaban J connectivity index is 3.75. The summed E-state index contributed by atoms with van der Waals surface area (Å²) < 4.78 is 5.39. The molecule has 0 saturated heterocycles. The summed E-state index contributed by atoms with van der Waals surface area (Å²) in [5.41, 5.74) is 0. The number of likely N-dealkylation sites (N-methyl/N-ethyl adjacent to an activating group) is 1. The number of hydrogen-bond acceptors (Lipinski definition) is 3. The topological polar surface area (TPSA) is 29.5 Å². The molecule has 1 unspecified atom stereocenters. The molecule has 0 heterocycles. The van der Waals surface area contributed by atoms with Crippen LogP contribution in [0, 0.1) is 0 Å². The maximum atomic E-state index is 12.1. The second kappa shape index (κ2) is 14.1. The summed E-state index contributed by atoms with van der Waals surface area (Å²) in [4.78, 5) is 13.9. The molecule has 22 heavy (non-hydrogen) atoms. The Morgan fingerprint density at radius 3 is 2.14 bits per heavy atom. The molecule has 0 amide bonds. The van der Waals surface area contributed by atoms with Crippen LogP contribution in [-0.4, -0.2) is 37.6 Å². The normalized spacial score (nSPS) is 13.5. The first-order valence-electron chi connectivity index (χ1n) is 8.64. The molecule has 0 fully saturated rings. The van der Waals surface area contributed by atoms with Crippen molar-refractivity contribution in [1.82, 2.24) is 4.90 Å². The molecule has 0 aliphatic carbocycles. The Hall–Kier alpha value is -0.540. The number of carbonyl (C=O) groups excluding carboxylic acids is 1. The number of hydrogen-bond donors (Lipinski definition) is 0. The largest absolute Gasteiger partial charge is 0.465 e. The van der Waals surface area contributed by atoms with E-state index >= 15 is 0 Å². The van der Waals surface area contributed by atoms with Crippen molar-refractivity contribution in [2.45, 2.75) is 77.7 Å². The van der Waals surface area contributed by atoms with Crippen molar-refractivity contribution in [3.05, 3.63) is 11.1 Å². The quantitative estimate of drug-likeness (QED) is 0.346. The van der Waals surface area contributed by atoms with Crippen molar-refractivity contribution in [2.24, 2.45) is 0 Å². The van der Waals surface area contributed by atoms with Gasteiger partial charge in [0.2, 0.25) is 0 Å². The Morgan fingerprint density at radius 1 is 1.09 bits per heavy atom. The van der Waals surface area contributed by atoms with Crippen LogP contribution >= 0.6 is 11.6 Å². The van der Waals surface area contributed by atoms with E-state index in [1.54, 1.807) is 0 Å². The molecule has 4 heteroatoms. The minimum atomic E-state index is -0.247. The summed E-state index contributed by atoms with van der Waals surface area (Å²) in [6.45, 7) is 4.58. The highest BCUT2D eigenvalue weighted by Crippen LogP contribution is 2.10. The van der Waals surface area contributed by atoms with E-state index in [0.29, 0.717) is 18.1 Å². The molecule has 0 aliphatic heterocycles. The van der Waals surface area contributed by atoms with Gasteiger partial charge in [-0.1, -0.05) is 69.5 Å². The van der Waals surface area contributed by atoms with E-state index in [2.05, 4.69) is 6.92 Å². The average Bonchev–Trinajstić information content (AvgIpc) is 2.45. The van der Waals surface area contributed by atoms with Crippen molar-refractivity contribution < 1.29 is 9.53 Å². The fraction of sp³-hybridized carbons (Fsp3) is 0.833. The Bertz CT molecular complexity index is 312. The Kier molecular flexibility index (Phi) is 13.7. The summed E-state index contributed by atoms with van der Waals surface area (Å²) in [6, 6.07) is -0.247. The van der Waals surface area contributed by atoms with E-state index in [0.717, 1.165) is 12.8 Å². The van der Waals surface area contributed by atoms with Crippen LogP contribution < -0.4 is 0 Å². The van der Waals surface area contributed by atoms with Crippen LogP contribution in [0.4, 0.5) is 0 Å². The summed E-state index contributed by atoms with van der Waals surface area (Å²) in [5.74, 6) is -0.151. The maximum Gasteiger partial charge on any atom is 0.323 e. The third-order valence-corrected chi connectivity index (χ3v) is 3.91. The fourth-order valence-electron chi connectivity index (χ4n) is 2.30. The minimum absolute atomic E-state index is 0.151. The van der Waals surface area contributed by atoms with Crippen LogP contribution in [0.1, 0.15) is 71.6 Å². The predicted molar refractivity (Wildman–Crippen MR) is 95.3 cm³/mol. The van der Waals surface area contributed by atoms with Crippen LogP contribution in [0.25, 0.3) is 0 Å². The van der Waals surface area contributed by atoms with Gasteiger partial charge in [-0.3, -0.25) is 9.69 Å². The Labute approximate surface area is 142 Å². The van der Waals surface area contributed by atoms with Gasteiger partial charge in [-0.25, -0.2) is 0 Å². The highest BCUT2D eigenvalue weighted by molar-refractivity contribution is 6.29. The van der Waals surface area contributed by atoms with Crippen LogP contribution in [0.3, 0.4) is 0 Å². The molecule has 0 aliphatic rings. The number of rotatable bonds is 13. The minimum Gasteiger partial charge on any atom is -0.465 e. The number of unbranched alkanes of at least 4 members (excludes halogenated alkanes) is 7. The second-order valence-electron chi connectivity index (χ2n) is 6.15. The number of halogens is 1. The van der Waals surface area contributed by atoms with E-state index in [1.165, 1.54) is 38.5 Å².